The lowest BCUT2D eigenvalue weighted by Gasteiger charge is -2.09. The molecule has 1 rings (SSSR count). The van der Waals surface area contributed by atoms with Crippen molar-refractivity contribution in [1.29, 1.82) is 0 Å². The Morgan fingerprint density at radius 2 is 2.12 bits per heavy atom. The van der Waals surface area contributed by atoms with Crippen LogP contribution >= 0.6 is 0 Å². The molecule has 0 amide bonds. The summed E-state index contributed by atoms with van der Waals surface area (Å²) < 4.78 is 5.61. The zero-order valence-corrected chi connectivity index (χ0v) is 10.3. The molecule has 0 saturated heterocycles. The molecule has 0 saturated carbocycles. The first-order chi connectivity index (χ1) is 7.74. The number of benzene rings is 1. The highest BCUT2D eigenvalue weighted by Crippen LogP contribution is 2.16. The van der Waals surface area contributed by atoms with Crippen molar-refractivity contribution in [2.45, 2.75) is 20.4 Å². The average Bonchev–Trinajstić information content (AvgIpc) is 2.27. The van der Waals surface area contributed by atoms with E-state index in [1.54, 1.807) is 6.08 Å². The SMILES string of the molecule is C=CCOc1ccccc1C[NH2+]CC(C)C. The molecule has 2 N–H and O–H groups in total. The summed E-state index contributed by atoms with van der Waals surface area (Å²) in [5.41, 5.74) is 1.25. The Hall–Kier alpha value is -1.28. The first-order valence-electron chi connectivity index (χ1n) is 5.87. The predicted molar refractivity (Wildman–Crippen MR) is 67.5 cm³/mol. The summed E-state index contributed by atoms with van der Waals surface area (Å²) in [6, 6.07) is 8.20. The molecule has 2 heteroatoms. The van der Waals surface area contributed by atoms with E-state index >= 15 is 0 Å². The maximum Gasteiger partial charge on any atom is 0.128 e. The van der Waals surface area contributed by atoms with Crippen molar-refractivity contribution < 1.29 is 10.1 Å². The van der Waals surface area contributed by atoms with Gasteiger partial charge in [-0.3, -0.25) is 0 Å². The van der Waals surface area contributed by atoms with E-state index in [1.165, 1.54) is 5.56 Å². The quantitative estimate of drug-likeness (QED) is 0.699. The number of nitrogens with two attached hydrogens (primary N) is 1. The van der Waals surface area contributed by atoms with Crippen molar-refractivity contribution in [1.82, 2.24) is 0 Å². The minimum Gasteiger partial charge on any atom is -0.489 e. The lowest BCUT2D eigenvalue weighted by molar-refractivity contribution is -0.675. The summed E-state index contributed by atoms with van der Waals surface area (Å²) in [4.78, 5) is 0. The smallest absolute Gasteiger partial charge is 0.128 e. The van der Waals surface area contributed by atoms with E-state index < -0.39 is 0 Å². The highest BCUT2D eigenvalue weighted by molar-refractivity contribution is 5.32. The molecule has 0 atom stereocenters. The Morgan fingerprint density at radius 1 is 1.38 bits per heavy atom. The van der Waals surface area contributed by atoms with Gasteiger partial charge in [-0.2, -0.15) is 0 Å². The first kappa shape index (κ1) is 12.8. The fourth-order valence-corrected chi connectivity index (χ4v) is 1.53. The van der Waals surface area contributed by atoms with Gasteiger partial charge in [0.2, 0.25) is 0 Å². The van der Waals surface area contributed by atoms with E-state index in [-0.39, 0.29) is 0 Å². The summed E-state index contributed by atoms with van der Waals surface area (Å²) in [5, 5.41) is 2.32. The average molecular weight is 220 g/mol. The predicted octanol–water partition coefficient (Wildman–Crippen LogP) is 1.97. The molecular weight excluding hydrogens is 198 g/mol. The second-order valence-corrected chi connectivity index (χ2v) is 4.33. The third-order valence-corrected chi connectivity index (χ3v) is 2.33. The maximum absolute atomic E-state index is 5.61. The van der Waals surface area contributed by atoms with Crippen LogP contribution in [-0.4, -0.2) is 13.2 Å². The Balaban J connectivity index is 2.52. The number of ether oxygens (including phenoxy) is 1. The van der Waals surface area contributed by atoms with Crippen LogP contribution in [0.5, 0.6) is 5.75 Å². The van der Waals surface area contributed by atoms with E-state index in [0.717, 1.165) is 24.8 Å². The number of rotatable bonds is 7. The fourth-order valence-electron chi connectivity index (χ4n) is 1.53. The van der Waals surface area contributed by atoms with Crippen LogP contribution in [0, 0.1) is 5.92 Å². The number of quaternary nitrogens is 1. The lowest BCUT2D eigenvalue weighted by Crippen LogP contribution is -2.83. The van der Waals surface area contributed by atoms with E-state index in [4.69, 9.17) is 4.74 Å². The molecule has 0 aromatic heterocycles. The summed E-state index contributed by atoms with van der Waals surface area (Å²) in [7, 11) is 0. The van der Waals surface area contributed by atoms with Crippen molar-refractivity contribution in [3.8, 4) is 5.75 Å². The van der Waals surface area contributed by atoms with Gasteiger partial charge >= 0.3 is 0 Å². The van der Waals surface area contributed by atoms with E-state index in [2.05, 4.69) is 37.9 Å². The van der Waals surface area contributed by atoms with Crippen LogP contribution in [0.1, 0.15) is 19.4 Å². The molecule has 0 aliphatic rings. The van der Waals surface area contributed by atoms with Crippen LogP contribution in [0.2, 0.25) is 0 Å². The van der Waals surface area contributed by atoms with E-state index in [1.807, 2.05) is 12.1 Å². The fraction of sp³-hybridized carbons (Fsp3) is 0.429. The zero-order valence-electron chi connectivity index (χ0n) is 10.3. The number of hydrogen-bond acceptors (Lipinski definition) is 1. The molecule has 0 bridgehead atoms. The van der Waals surface area contributed by atoms with Crippen molar-refractivity contribution >= 4 is 0 Å². The van der Waals surface area contributed by atoms with Gasteiger partial charge in [0, 0.05) is 11.5 Å². The van der Waals surface area contributed by atoms with Gasteiger partial charge in [-0.05, 0) is 12.1 Å². The number of hydrogen-bond donors (Lipinski definition) is 1. The minimum absolute atomic E-state index is 0.571. The molecule has 1 aromatic rings. The van der Waals surface area contributed by atoms with Gasteiger partial charge in [-0.15, -0.1) is 0 Å². The monoisotopic (exact) mass is 220 g/mol. The van der Waals surface area contributed by atoms with Gasteiger partial charge < -0.3 is 10.1 Å². The highest BCUT2D eigenvalue weighted by Gasteiger charge is 2.04. The first-order valence-corrected chi connectivity index (χ1v) is 5.87. The van der Waals surface area contributed by atoms with Crippen LogP contribution in [-0.2, 0) is 6.54 Å². The second kappa shape index (κ2) is 7.07. The van der Waals surface area contributed by atoms with Crippen molar-refractivity contribution in [3.63, 3.8) is 0 Å². The summed E-state index contributed by atoms with van der Waals surface area (Å²) >= 11 is 0. The molecule has 16 heavy (non-hydrogen) atoms. The minimum atomic E-state index is 0.571. The van der Waals surface area contributed by atoms with Crippen LogP contribution < -0.4 is 10.1 Å². The lowest BCUT2D eigenvalue weighted by atomic mass is 10.2. The van der Waals surface area contributed by atoms with Gasteiger partial charge in [0.15, 0.2) is 0 Å². The molecule has 0 fully saturated rings. The van der Waals surface area contributed by atoms with Crippen LogP contribution in [0.4, 0.5) is 0 Å². The van der Waals surface area contributed by atoms with Gasteiger partial charge in [0.1, 0.15) is 18.9 Å². The normalized spacial score (nSPS) is 10.4. The third-order valence-electron chi connectivity index (χ3n) is 2.33. The van der Waals surface area contributed by atoms with Gasteiger partial charge in [0.25, 0.3) is 0 Å². The van der Waals surface area contributed by atoms with Gasteiger partial charge in [-0.25, -0.2) is 0 Å². The molecular formula is C14H22NO+. The van der Waals surface area contributed by atoms with Gasteiger partial charge in [-0.1, -0.05) is 38.6 Å². The standard InChI is InChI=1S/C14H21NO/c1-4-9-16-14-8-6-5-7-13(14)11-15-10-12(2)3/h4-8,12,15H,1,9-11H2,2-3H3/p+1. The molecule has 0 aliphatic carbocycles. The summed E-state index contributed by atoms with van der Waals surface area (Å²) in [6.07, 6.45) is 1.77. The molecule has 0 spiro atoms. The zero-order chi connectivity index (χ0) is 11.8. The Morgan fingerprint density at radius 3 is 2.81 bits per heavy atom. The van der Waals surface area contributed by atoms with Crippen LogP contribution in [0.15, 0.2) is 36.9 Å². The maximum atomic E-state index is 5.61. The van der Waals surface area contributed by atoms with Crippen molar-refractivity contribution in [2.24, 2.45) is 5.92 Å². The topological polar surface area (TPSA) is 25.8 Å². The Bertz CT molecular complexity index is 320. The summed E-state index contributed by atoms with van der Waals surface area (Å²) in [5.74, 6) is 1.70. The second-order valence-electron chi connectivity index (χ2n) is 4.33. The molecule has 0 radical (unpaired) electrons. The third kappa shape index (κ3) is 4.49. The Kier molecular flexibility index (Phi) is 5.65. The Labute approximate surface area is 98.3 Å². The van der Waals surface area contributed by atoms with Gasteiger partial charge in [0.05, 0.1) is 6.54 Å². The molecule has 88 valence electrons. The summed E-state index contributed by atoms with van der Waals surface area (Å²) in [6.45, 7) is 10.8. The molecule has 2 nitrogen and oxygen atoms in total. The molecule has 0 unspecified atom stereocenters. The van der Waals surface area contributed by atoms with Crippen LogP contribution in [0.3, 0.4) is 0 Å². The molecule has 1 aromatic carbocycles. The van der Waals surface area contributed by atoms with Crippen molar-refractivity contribution in [3.05, 3.63) is 42.5 Å². The van der Waals surface area contributed by atoms with E-state index in [0.29, 0.717) is 6.61 Å². The van der Waals surface area contributed by atoms with Crippen molar-refractivity contribution in [2.75, 3.05) is 13.2 Å². The van der Waals surface area contributed by atoms with E-state index in [9.17, 15) is 0 Å². The highest BCUT2D eigenvalue weighted by atomic mass is 16.5. The molecule has 0 aliphatic heterocycles. The molecule has 0 heterocycles. The van der Waals surface area contributed by atoms with Crippen LogP contribution in [0.25, 0.3) is 0 Å². The number of para-hydroxylation sites is 1. The largest absolute Gasteiger partial charge is 0.489 e.